The lowest BCUT2D eigenvalue weighted by molar-refractivity contribution is -0.138. The molecule has 0 aliphatic carbocycles. The molecule has 202 valence electrons. The lowest BCUT2D eigenvalue weighted by Crippen LogP contribution is -2.31. The van der Waals surface area contributed by atoms with Gasteiger partial charge in [-0.3, -0.25) is 9.59 Å². The maximum atomic E-state index is 15.1. The summed E-state index contributed by atoms with van der Waals surface area (Å²) in [6, 6.07) is 11.7. The standard InChI is InChI=1S/C27H23F4N5O2S/c1-15(33-21-14-32-35(2)26(38)23(21)27(29,30)31)6-5-10-36-11-9-16-12-18(19(28)13-17(16)25(36)37)24-34-20-7-3-4-8-22(20)39-24/h3-4,7-9,11-15,33H,5-6,10H2,1-2H3/t15-/m0/s1. The summed E-state index contributed by atoms with van der Waals surface area (Å²) in [5.41, 5.74) is -2.19. The predicted molar refractivity (Wildman–Crippen MR) is 144 cm³/mol. The van der Waals surface area contributed by atoms with E-state index in [9.17, 15) is 22.8 Å². The van der Waals surface area contributed by atoms with E-state index in [0.717, 1.165) is 23.5 Å². The van der Waals surface area contributed by atoms with Crippen molar-refractivity contribution in [2.45, 2.75) is 38.5 Å². The monoisotopic (exact) mass is 557 g/mol. The second-order valence-electron chi connectivity index (χ2n) is 9.27. The topological polar surface area (TPSA) is 81.8 Å². The van der Waals surface area contributed by atoms with Gasteiger partial charge >= 0.3 is 6.18 Å². The Bertz CT molecular complexity index is 1780. The molecule has 0 saturated heterocycles. The van der Waals surface area contributed by atoms with E-state index < -0.39 is 29.2 Å². The number of hydrogen-bond donors (Lipinski definition) is 1. The SMILES string of the molecule is C[C@@H](CCCn1ccc2cc(-c3nc4ccccc4s3)c(F)cc2c1=O)Nc1cnn(C)c(=O)c1C(F)(F)F. The van der Waals surface area contributed by atoms with Crippen LogP contribution in [-0.2, 0) is 19.8 Å². The van der Waals surface area contributed by atoms with Crippen molar-refractivity contribution in [2.24, 2.45) is 7.05 Å². The van der Waals surface area contributed by atoms with E-state index in [0.29, 0.717) is 33.5 Å². The zero-order valence-electron chi connectivity index (χ0n) is 20.9. The van der Waals surface area contributed by atoms with E-state index in [1.165, 1.54) is 22.0 Å². The fourth-order valence-corrected chi connectivity index (χ4v) is 5.44. The van der Waals surface area contributed by atoms with Gasteiger partial charge in [-0.15, -0.1) is 11.3 Å². The smallest absolute Gasteiger partial charge is 0.381 e. The number of para-hydroxylation sites is 1. The minimum absolute atomic E-state index is 0.229. The average Bonchev–Trinajstić information content (AvgIpc) is 3.31. The van der Waals surface area contributed by atoms with Gasteiger partial charge in [-0.25, -0.2) is 14.1 Å². The molecule has 39 heavy (non-hydrogen) atoms. The molecule has 0 amide bonds. The number of anilines is 1. The highest BCUT2D eigenvalue weighted by Crippen LogP contribution is 2.34. The van der Waals surface area contributed by atoms with Crippen LogP contribution in [0.1, 0.15) is 25.3 Å². The van der Waals surface area contributed by atoms with Gasteiger partial charge in [0.25, 0.3) is 11.1 Å². The molecule has 0 spiro atoms. The molecule has 0 aliphatic rings. The van der Waals surface area contributed by atoms with Crippen molar-refractivity contribution in [1.82, 2.24) is 19.3 Å². The second-order valence-corrected chi connectivity index (χ2v) is 10.3. The predicted octanol–water partition coefficient (Wildman–Crippen LogP) is 5.81. The van der Waals surface area contributed by atoms with Crippen LogP contribution < -0.4 is 16.4 Å². The third kappa shape index (κ3) is 5.29. The molecule has 12 heteroatoms. The molecule has 0 bridgehead atoms. The summed E-state index contributed by atoms with van der Waals surface area (Å²) >= 11 is 1.37. The van der Waals surface area contributed by atoms with Crippen molar-refractivity contribution in [1.29, 1.82) is 0 Å². The lowest BCUT2D eigenvalue weighted by Gasteiger charge is -2.19. The first-order valence-corrected chi connectivity index (χ1v) is 12.9. The maximum Gasteiger partial charge on any atom is 0.423 e. The largest absolute Gasteiger partial charge is 0.423 e. The number of fused-ring (bicyclic) bond motifs is 2. The number of nitrogens with one attached hydrogen (secondary N) is 1. The number of benzene rings is 2. The number of nitrogens with zero attached hydrogens (tertiary/aromatic N) is 4. The molecule has 5 rings (SSSR count). The third-order valence-corrected chi connectivity index (χ3v) is 7.52. The summed E-state index contributed by atoms with van der Waals surface area (Å²) in [7, 11) is 1.15. The highest BCUT2D eigenvalue weighted by Gasteiger charge is 2.38. The molecule has 3 aromatic heterocycles. The van der Waals surface area contributed by atoms with E-state index in [1.54, 1.807) is 25.3 Å². The molecular weight excluding hydrogens is 534 g/mol. The number of hydrogen-bond acceptors (Lipinski definition) is 6. The number of thiazole rings is 1. The highest BCUT2D eigenvalue weighted by molar-refractivity contribution is 7.21. The van der Waals surface area contributed by atoms with Gasteiger partial charge in [0.1, 0.15) is 16.4 Å². The molecular formula is C27H23F4N5O2S. The number of rotatable bonds is 7. The Morgan fingerprint density at radius 1 is 1.10 bits per heavy atom. The number of aryl methyl sites for hydroxylation is 2. The average molecular weight is 558 g/mol. The van der Waals surface area contributed by atoms with Gasteiger partial charge < -0.3 is 9.88 Å². The van der Waals surface area contributed by atoms with Gasteiger partial charge in [-0.05, 0) is 55.5 Å². The van der Waals surface area contributed by atoms with Crippen LogP contribution in [0.3, 0.4) is 0 Å². The molecule has 0 saturated carbocycles. The van der Waals surface area contributed by atoms with Crippen molar-refractivity contribution in [3.05, 3.63) is 86.9 Å². The zero-order valence-corrected chi connectivity index (χ0v) is 21.7. The fourth-order valence-electron chi connectivity index (χ4n) is 4.46. The molecule has 7 nitrogen and oxygen atoms in total. The van der Waals surface area contributed by atoms with Gasteiger partial charge in [0.05, 0.1) is 27.5 Å². The number of halogens is 4. The number of aromatic nitrogens is 4. The first-order valence-electron chi connectivity index (χ1n) is 12.1. The zero-order chi connectivity index (χ0) is 27.9. The van der Waals surface area contributed by atoms with Crippen molar-refractivity contribution in [3.63, 3.8) is 0 Å². The van der Waals surface area contributed by atoms with Crippen LogP contribution in [0.5, 0.6) is 0 Å². The third-order valence-electron chi connectivity index (χ3n) is 6.45. The number of pyridine rings is 1. The van der Waals surface area contributed by atoms with Gasteiger partial charge in [-0.2, -0.15) is 18.3 Å². The van der Waals surface area contributed by atoms with Gasteiger partial charge in [0.15, 0.2) is 0 Å². The second kappa shape index (κ2) is 10.3. The van der Waals surface area contributed by atoms with Crippen LogP contribution in [0, 0.1) is 5.82 Å². The fraction of sp³-hybridized carbons (Fsp3) is 0.259. The molecule has 1 N–H and O–H groups in total. The van der Waals surface area contributed by atoms with Crippen molar-refractivity contribution >= 4 is 38.0 Å². The van der Waals surface area contributed by atoms with Crippen LogP contribution in [0.15, 0.2) is 64.4 Å². The van der Waals surface area contributed by atoms with Crippen LogP contribution in [-0.4, -0.2) is 25.4 Å². The van der Waals surface area contributed by atoms with Crippen LogP contribution in [0.4, 0.5) is 23.2 Å². The Kier molecular flexibility index (Phi) is 6.98. The number of alkyl halides is 3. The Hall–Kier alpha value is -4.06. The first-order chi connectivity index (χ1) is 18.5. The molecule has 0 fully saturated rings. The summed E-state index contributed by atoms with van der Waals surface area (Å²) in [5.74, 6) is -0.544. The van der Waals surface area contributed by atoms with Gasteiger partial charge in [0.2, 0.25) is 0 Å². The normalized spacial score (nSPS) is 12.8. The summed E-state index contributed by atoms with van der Waals surface area (Å²) in [6.45, 7) is 1.96. The summed E-state index contributed by atoms with van der Waals surface area (Å²) in [6.07, 6.45) is -1.38. The quantitative estimate of drug-likeness (QED) is 0.256. The van der Waals surface area contributed by atoms with E-state index in [4.69, 9.17) is 0 Å². The Morgan fingerprint density at radius 2 is 1.87 bits per heavy atom. The van der Waals surface area contributed by atoms with Gasteiger partial charge in [0, 0.05) is 31.4 Å². The Labute approximate surface area is 223 Å². The van der Waals surface area contributed by atoms with E-state index in [2.05, 4.69) is 15.4 Å². The lowest BCUT2D eigenvalue weighted by atomic mass is 10.1. The van der Waals surface area contributed by atoms with Crippen molar-refractivity contribution in [3.8, 4) is 10.6 Å². The maximum absolute atomic E-state index is 15.1. The van der Waals surface area contributed by atoms with Crippen molar-refractivity contribution in [2.75, 3.05) is 5.32 Å². The molecule has 0 radical (unpaired) electrons. The van der Waals surface area contributed by atoms with Crippen LogP contribution in [0.25, 0.3) is 31.6 Å². The summed E-state index contributed by atoms with van der Waals surface area (Å²) < 4.78 is 58.4. The minimum atomic E-state index is -4.83. The van der Waals surface area contributed by atoms with E-state index in [-0.39, 0.29) is 23.2 Å². The molecule has 0 unspecified atom stereocenters. The van der Waals surface area contributed by atoms with Crippen molar-refractivity contribution < 1.29 is 17.6 Å². The Balaban J connectivity index is 1.31. The van der Waals surface area contributed by atoms with Gasteiger partial charge in [-0.1, -0.05) is 12.1 Å². The van der Waals surface area contributed by atoms with Crippen LogP contribution in [0.2, 0.25) is 0 Å². The van der Waals surface area contributed by atoms with E-state index >= 15 is 4.39 Å². The summed E-state index contributed by atoms with van der Waals surface area (Å²) in [5, 5.41) is 7.74. The highest BCUT2D eigenvalue weighted by atomic mass is 32.1. The minimum Gasteiger partial charge on any atom is -0.381 e. The molecule has 2 aromatic carbocycles. The molecule has 0 aliphatic heterocycles. The molecule has 1 atom stereocenters. The Morgan fingerprint density at radius 3 is 2.62 bits per heavy atom. The van der Waals surface area contributed by atoms with Crippen LogP contribution >= 0.6 is 11.3 Å². The molecule has 5 aromatic rings. The first kappa shape index (κ1) is 26.5. The van der Waals surface area contributed by atoms with E-state index in [1.807, 2.05) is 24.3 Å². The molecule has 3 heterocycles. The summed E-state index contributed by atoms with van der Waals surface area (Å²) in [4.78, 5) is 29.6.